The number of hydrogen-bond acceptors (Lipinski definition) is 3. The maximum absolute atomic E-state index is 13.7. The van der Waals surface area contributed by atoms with Gasteiger partial charge in [0.1, 0.15) is 5.82 Å². The van der Waals surface area contributed by atoms with E-state index in [2.05, 4.69) is 5.32 Å². The SMILES string of the molecule is CC1SC2(C(=O)Nc3ccccc32)N(c2cccc(F)c2)C1=O. The lowest BCUT2D eigenvalue weighted by molar-refractivity contribution is -0.122. The molecule has 1 saturated heterocycles. The molecule has 0 aliphatic carbocycles. The molecule has 0 bridgehead atoms. The van der Waals surface area contributed by atoms with Crippen molar-refractivity contribution in [3.63, 3.8) is 0 Å². The Balaban J connectivity index is 1.96. The highest BCUT2D eigenvalue weighted by molar-refractivity contribution is 8.03. The largest absolute Gasteiger partial charge is 0.323 e. The molecule has 23 heavy (non-hydrogen) atoms. The third-order valence-corrected chi connectivity index (χ3v) is 5.63. The number of anilines is 2. The fourth-order valence-electron chi connectivity index (χ4n) is 3.18. The van der Waals surface area contributed by atoms with Gasteiger partial charge in [-0.2, -0.15) is 0 Å². The highest BCUT2D eigenvalue weighted by atomic mass is 32.2. The molecular weight excluding hydrogens is 315 g/mol. The van der Waals surface area contributed by atoms with Gasteiger partial charge in [0, 0.05) is 16.9 Å². The molecule has 2 unspecified atom stereocenters. The fraction of sp³-hybridized carbons (Fsp3) is 0.176. The molecule has 1 spiro atoms. The zero-order chi connectivity index (χ0) is 16.2. The Morgan fingerprint density at radius 3 is 2.74 bits per heavy atom. The molecule has 2 atom stereocenters. The molecule has 6 heteroatoms. The first-order valence-electron chi connectivity index (χ1n) is 7.22. The maximum atomic E-state index is 13.7. The number of rotatable bonds is 1. The van der Waals surface area contributed by atoms with Gasteiger partial charge in [-0.1, -0.05) is 24.3 Å². The highest BCUT2D eigenvalue weighted by Gasteiger charge is 2.60. The van der Waals surface area contributed by atoms with Gasteiger partial charge in [-0.15, -0.1) is 11.8 Å². The summed E-state index contributed by atoms with van der Waals surface area (Å²) >= 11 is 1.29. The van der Waals surface area contributed by atoms with E-state index in [-0.39, 0.29) is 11.8 Å². The van der Waals surface area contributed by atoms with Crippen LogP contribution in [0.5, 0.6) is 0 Å². The molecule has 2 aliphatic heterocycles. The second-order valence-corrected chi connectivity index (χ2v) is 7.09. The Bertz CT molecular complexity index is 841. The Hall–Kier alpha value is -2.34. The number of hydrogen-bond donors (Lipinski definition) is 1. The first kappa shape index (κ1) is 14.3. The molecule has 2 aliphatic rings. The monoisotopic (exact) mass is 328 g/mol. The molecule has 0 aromatic heterocycles. The van der Waals surface area contributed by atoms with E-state index in [4.69, 9.17) is 0 Å². The van der Waals surface area contributed by atoms with Crippen LogP contribution in [-0.2, 0) is 14.5 Å². The van der Waals surface area contributed by atoms with E-state index in [0.29, 0.717) is 11.4 Å². The zero-order valence-corrected chi connectivity index (χ0v) is 13.1. The highest BCUT2D eigenvalue weighted by Crippen LogP contribution is 2.55. The van der Waals surface area contributed by atoms with Crippen LogP contribution in [0, 0.1) is 5.82 Å². The van der Waals surface area contributed by atoms with E-state index < -0.39 is 15.9 Å². The van der Waals surface area contributed by atoms with Crippen molar-refractivity contribution < 1.29 is 14.0 Å². The lowest BCUT2D eigenvalue weighted by Crippen LogP contribution is -2.47. The molecule has 0 radical (unpaired) electrons. The van der Waals surface area contributed by atoms with Gasteiger partial charge < -0.3 is 5.32 Å². The topological polar surface area (TPSA) is 49.4 Å². The third kappa shape index (κ3) is 1.84. The number of carbonyl (C=O) groups excluding carboxylic acids is 2. The summed E-state index contributed by atoms with van der Waals surface area (Å²) in [7, 11) is 0. The third-order valence-electron chi connectivity index (χ3n) is 4.14. The van der Waals surface area contributed by atoms with Gasteiger partial charge in [-0.05, 0) is 31.2 Å². The van der Waals surface area contributed by atoms with Crippen LogP contribution in [0.25, 0.3) is 0 Å². The molecule has 1 fully saturated rings. The molecule has 2 aromatic rings. The summed E-state index contributed by atoms with van der Waals surface area (Å²) in [6.45, 7) is 1.77. The molecule has 0 saturated carbocycles. The van der Waals surface area contributed by atoms with E-state index in [1.54, 1.807) is 19.1 Å². The number of thioether (sulfide) groups is 1. The lowest BCUT2D eigenvalue weighted by Gasteiger charge is -2.32. The van der Waals surface area contributed by atoms with Crippen molar-refractivity contribution in [1.29, 1.82) is 0 Å². The quantitative estimate of drug-likeness (QED) is 0.875. The molecule has 2 amide bonds. The average molecular weight is 328 g/mol. The summed E-state index contributed by atoms with van der Waals surface area (Å²) in [5.41, 5.74) is 1.81. The molecular formula is C17H13FN2O2S. The number of amides is 2. The number of carbonyl (C=O) groups is 2. The number of halogens is 1. The summed E-state index contributed by atoms with van der Waals surface area (Å²) in [6.07, 6.45) is 0. The summed E-state index contributed by atoms with van der Waals surface area (Å²) in [5, 5.41) is 2.44. The maximum Gasteiger partial charge on any atom is 0.266 e. The smallest absolute Gasteiger partial charge is 0.266 e. The van der Waals surface area contributed by atoms with Crippen molar-refractivity contribution in [3.05, 3.63) is 59.9 Å². The minimum Gasteiger partial charge on any atom is -0.323 e. The van der Waals surface area contributed by atoms with Crippen LogP contribution in [0.2, 0.25) is 0 Å². The molecule has 2 heterocycles. The van der Waals surface area contributed by atoms with Crippen LogP contribution in [0.1, 0.15) is 12.5 Å². The Morgan fingerprint density at radius 2 is 1.96 bits per heavy atom. The molecule has 1 N–H and O–H groups in total. The van der Waals surface area contributed by atoms with Gasteiger partial charge >= 0.3 is 0 Å². The zero-order valence-electron chi connectivity index (χ0n) is 12.2. The van der Waals surface area contributed by atoms with E-state index in [9.17, 15) is 14.0 Å². The van der Waals surface area contributed by atoms with Gasteiger partial charge in [0.25, 0.3) is 5.91 Å². The first-order valence-corrected chi connectivity index (χ1v) is 8.10. The summed E-state index contributed by atoms with van der Waals surface area (Å²) in [6, 6.07) is 13.1. The second-order valence-electron chi connectivity index (χ2n) is 5.56. The fourth-order valence-corrected chi connectivity index (χ4v) is 4.66. The van der Waals surface area contributed by atoms with Crippen molar-refractivity contribution in [1.82, 2.24) is 0 Å². The van der Waals surface area contributed by atoms with Crippen LogP contribution in [-0.4, -0.2) is 17.1 Å². The van der Waals surface area contributed by atoms with E-state index in [1.165, 1.54) is 34.9 Å². The summed E-state index contributed by atoms with van der Waals surface area (Å²) in [4.78, 5) is 25.8. The van der Waals surface area contributed by atoms with Crippen LogP contribution in [0.3, 0.4) is 0 Å². The lowest BCUT2D eigenvalue weighted by atomic mass is 10.0. The minimum atomic E-state index is -1.18. The number of benzene rings is 2. The van der Waals surface area contributed by atoms with Crippen LogP contribution < -0.4 is 10.2 Å². The molecule has 116 valence electrons. The van der Waals surface area contributed by atoms with Gasteiger partial charge in [-0.25, -0.2) is 4.39 Å². The summed E-state index contributed by atoms with van der Waals surface area (Å²) < 4.78 is 13.7. The normalized spacial score (nSPS) is 25.8. The Kier molecular flexibility index (Phi) is 2.99. The van der Waals surface area contributed by atoms with Crippen molar-refractivity contribution in [2.75, 3.05) is 10.2 Å². The van der Waals surface area contributed by atoms with Gasteiger partial charge in [0.05, 0.1) is 5.25 Å². The van der Waals surface area contributed by atoms with Crippen molar-refractivity contribution in [3.8, 4) is 0 Å². The van der Waals surface area contributed by atoms with Crippen LogP contribution in [0.15, 0.2) is 48.5 Å². The van der Waals surface area contributed by atoms with Gasteiger partial charge in [0.15, 0.2) is 0 Å². The number of nitrogens with one attached hydrogen (secondary N) is 1. The molecule has 2 aromatic carbocycles. The standard InChI is InChI=1S/C17H13FN2O2S/c1-10-15(21)20(12-6-4-5-11(18)9-12)17(23-10)13-7-2-3-8-14(13)19-16(17)22/h2-10H,1H3,(H,19,22). The first-order chi connectivity index (χ1) is 11.0. The average Bonchev–Trinajstić information content (AvgIpc) is 2.95. The van der Waals surface area contributed by atoms with Gasteiger partial charge in [-0.3, -0.25) is 14.5 Å². The van der Waals surface area contributed by atoms with Crippen molar-refractivity contribution in [2.45, 2.75) is 17.0 Å². The van der Waals surface area contributed by atoms with E-state index in [0.717, 1.165) is 5.56 Å². The molecule has 4 nitrogen and oxygen atoms in total. The Labute approximate surface area is 136 Å². The molecule has 4 rings (SSSR count). The van der Waals surface area contributed by atoms with Gasteiger partial charge in [0.2, 0.25) is 10.8 Å². The van der Waals surface area contributed by atoms with E-state index in [1.807, 2.05) is 18.2 Å². The number of fused-ring (bicyclic) bond motifs is 2. The summed E-state index contributed by atoms with van der Waals surface area (Å²) in [5.74, 6) is -0.917. The number of nitrogens with zero attached hydrogens (tertiary/aromatic N) is 1. The minimum absolute atomic E-state index is 0.201. The van der Waals surface area contributed by atoms with Crippen molar-refractivity contribution >= 4 is 35.0 Å². The van der Waals surface area contributed by atoms with Crippen molar-refractivity contribution in [2.24, 2.45) is 0 Å². The predicted octanol–water partition coefficient (Wildman–Crippen LogP) is 3.10. The Morgan fingerprint density at radius 1 is 1.17 bits per heavy atom. The predicted molar refractivity (Wildman–Crippen MR) is 87.7 cm³/mol. The van der Waals surface area contributed by atoms with Crippen LogP contribution in [0.4, 0.5) is 15.8 Å². The second kappa shape index (κ2) is 4.83. The number of para-hydroxylation sites is 1. The van der Waals surface area contributed by atoms with E-state index >= 15 is 0 Å². The van der Waals surface area contributed by atoms with Crippen LogP contribution >= 0.6 is 11.8 Å².